The molecule has 94 valence electrons. The summed E-state index contributed by atoms with van der Waals surface area (Å²) >= 11 is 0. The lowest BCUT2D eigenvalue weighted by molar-refractivity contribution is 0.0409. The minimum Gasteiger partial charge on any atom is -0.0630 e. The van der Waals surface area contributed by atoms with E-state index in [4.69, 9.17) is 0 Å². The van der Waals surface area contributed by atoms with Gasteiger partial charge in [-0.25, -0.2) is 0 Å². The normalized spacial score (nSPS) is 76.0. The van der Waals surface area contributed by atoms with Crippen molar-refractivity contribution >= 4 is 0 Å². The fraction of sp³-hybridized carbons (Fsp3) is 0.889. The van der Waals surface area contributed by atoms with Gasteiger partial charge in [-0.15, -0.1) is 0 Å². The van der Waals surface area contributed by atoms with Gasteiger partial charge in [0.25, 0.3) is 0 Å². The van der Waals surface area contributed by atoms with E-state index in [0.717, 1.165) is 23.7 Å². The summed E-state index contributed by atoms with van der Waals surface area (Å²) in [5.41, 5.74) is 4.24. The van der Waals surface area contributed by atoms with Crippen LogP contribution in [0.4, 0.5) is 0 Å². The highest BCUT2D eigenvalue weighted by atomic mass is 14.8. The van der Waals surface area contributed by atoms with Crippen LogP contribution in [0, 0.1) is 59.2 Å². The van der Waals surface area contributed by atoms with Crippen LogP contribution in [-0.4, -0.2) is 0 Å². The second-order valence-electron chi connectivity index (χ2n) is 8.74. The maximum atomic E-state index is 2.15. The van der Waals surface area contributed by atoms with Gasteiger partial charge in [-0.05, 0) is 84.9 Å². The van der Waals surface area contributed by atoms with Crippen LogP contribution >= 0.6 is 0 Å². The highest BCUT2D eigenvalue weighted by Gasteiger charge is 2.79. The maximum Gasteiger partial charge on any atom is -0.0131 e. The smallest absolute Gasteiger partial charge is 0.0131 e. The van der Waals surface area contributed by atoms with Gasteiger partial charge in [0.1, 0.15) is 0 Å². The highest BCUT2D eigenvalue weighted by Crippen LogP contribution is 2.85. The Morgan fingerprint density at radius 2 is 1.33 bits per heavy atom. The van der Waals surface area contributed by atoms with E-state index in [2.05, 4.69) is 11.1 Å². The largest absolute Gasteiger partial charge is 0.0630 e. The Labute approximate surface area is 109 Å². The first-order valence-corrected chi connectivity index (χ1v) is 8.69. The first-order chi connectivity index (χ1) is 8.95. The van der Waals surface area contributed by atoms with Crippen LogP contribution < -0.4 is 0 Å². The summed E-state index contributed by atoms with van der Waals surface area (Å²) in [6, 6.07) is 0. The first kappa shape index (κ1) is 8.82. The Kier molecular flexibility index (Phi) is 1.17. The quantitative estimate of drug-likeness (QED) is 0.562. The van der Waals surface area contributed by atoms with Crippen molar-refractivity contribution in [3.63, 3.8) is 0 Å². The minimum absolute atomic E-state index is 1.11. The molecule has 0 radical (unpaired) electrons. The zero-order valence-corrected chi connectivity index (χ0v) is 11.0. The number of hydrogen-bond acceptors (Lipinski definition) is 0. The zero-order valence-electron chi connectivity index (χ0n) is 11.0. The Hall–Kier alpha value is -0.260. The van der Waals surface area contributed by atoms with Crippen LogP contribution in [0.2, 0.25) is 0 Å². The lowest BCUT2D eigenvalue weighted by atomic mass is 9.58. The predicted molar refractivity (Wildman–Crippen MR) is 69.6 cm³/mol. The van der Waals surface area contributed by atoms with Crippen LogP contribution in [0.5, 0.6) is 0 Å². The molecule has 0 spiro atoms. The SMILES string of the molecule is C1CC[C@H]2C(=C3C4C5CC6C3C3C4CC5C63)[C@H]2C1. The lowest BCUT2D eigenvalue weighted by Gasteiger charge is -2.46. The van der Waals surface area contributed by atoms with Crippen LogP contribution in [0.3, 0.4) is 0 Å². The highest BCUT2D eigenvalue weighted by molar-refractivity contribution is 5.48. The summed E-state index contributed by atoms with van der Waals surface area (Å²) in [5, 5.41) is 0. The van der Waals surface area contributed by atoms with Crippen molar-refractivity contribution < 1.29 is 0 Å². The van der Waals surface area contributed by atoms with Crippen molar-refractivity contribution in [3.8, 4) is 0 Å². The molecular formula is C18H22. The average Bonchev–Trinajstić information content (AvgIpc) is 2.72. The number of rotatable bonds is 0. The summed E-state index contributed by atoms with van der Waals surface area (Å²) in [5.74, 6) is 11.9. The third-order valence-electron chi connectivity index (χ3n) is 8.87. The van der Waals surface area contributed by atoms with Gasteiger partial charge < -0.3 is 0 Å². The maximum absolute atomic E-state index is 2.15. The summed E-state index contributed by atoms with van der Waals surface area (Å²) in [6.07, 6.45) is 9.56. The molecule has 0 heteroatoms. The van der Waals surface area contributed by atoms with E-state index in [9.17, 15) is 0 Å². The van der Waals surface area contributed by atoms with E-state index in [1.165, 1.54) is 48.3 Å². The molecule has 0 aromatic rings. The van der Waals surface area contributed by atoms with E-state index >= 15 is 0 Å². The molecule has 18 heavy (non-hydrogen) atoms. The third-order valence-corrected chi connectivity index (χ3v) is 8.87. The van der Waals surface area contributed by atoms with Crippen molar-refractivity contribution in [1.29, 1.82) is 0 Å². The van der Waals surface area contributed by atoms with Gasteiger partial charge in [0.2, 0.25) is 0 Å². The third kappa shape index (κ3) is 0.646. The molecule has 10 atom stereocenters. The van der Waals surface area contributed by atoms with Gasteiger partial charge in [-0.3, -0.25) is 0 Å². The standard InChI is InChI=1S/C18H22/c1-2-4-8-7(3-1)13(8)18-15-10-6-11-14-9(10)5-12(15)16(14)17(11)18/h7-12,14-17H,1-6H2/t7-,8+,9?,10?,11?,12?,14?,15?,16?,17?. The van der Waals surface area contributed by atoms with Gasteiger partial charge in [-0.2, -0.15) is 0 Å². The van der Waals surface area contributed by atoms with Gasteiger partial charge in [0.15, 0.2) is 0 Å². The zero-order chi connectivity index (χ0) is 11.2. The van der Waals surface area contributed by atoms with Crippen molar-refractivity contribution in [1.82, 2.24) is 0 Å². The summed E-state index contributed by atoms with van der Waals surface area (Å²) in [6.45, 7) is 0. The molecule has 2 bridgehead atoms. The molecule has 7 saturated carbocycles. The van der Waals surface area contributed by atoms with Crippen molar-refractivity contribution in [2.75, 3.05) is 0 Å². The predicted octanol–water partition coefficient (Wildman–Crippen LogP) is 3.88. The van der Waals surface area contributed by atoms with Crippen LogP contribution in [0.15, 0.2) is 11.1 Å². The Morgan fingerprint density at radius 3 is 2.17 bits per heavy atom. The Balaban J connectivity index is 1.45. The van der Waals surface area contributed by atoms with Gasteiger partial charge in [-0.1, -0.05) is 24.0 Å². The van der Waals surface area contributed by atoms with E-state index in [-0.39, 0.29) is 0 Å². The number of hydrogen-bond donors (Lipinski definition) is 0. The number of allylic oxidation sites excluding steroid dienone is 2. The summed E-state index contributed by atoms with van der Waals surface area (Å²) < 4.78 is 0. The molecule has 8 unspecified atom stereocenters. The molecule has 0 saturated heterocycles. The van der Waals surface area contributed by atoms with E-state index in [0.29, 0.717) is 0 Å². The van der Waals surface area contributed by atoms with Crippen LogP contribution in [0.25, 0.3) is 0 Å². The minimum atomic E-state index is 1.11. The molecule has 0 heterocycles. The summed E-state index contributed by atoms with van der Waals surface area (Å²) in [4.78, 5) is 0. The molecule has 7 aliphatic carbocycles. The topological polar surface area (TPSA) is 0 Å². The monoisotopic (exact) mass is 238 g/mol. The van der Waals surface area contributed by atoms with E-state index in [1.807, 2.05) is 0 Å². The molecular weight excluding hydrogens is 216 g/mol. The fourth-order valence-corrected chi connectivity index (χ4v) is 8.81. The van der Waals surface area contributed by atoms with Gasteiger partial charge in [0, 0.05) is 0 Å². The molecule has 0 nitrogen and oxygen atoms in total. The second kappa shape index (κ2) is 2.38. The lowest BCUT2D eigenvalue weighted by Crippen LogP contribution is -2.41. The first-order valence-electron chi connectivity index (χ1n) is 8.69. The molecule has 0 aliphatic heterocycles. The average molecular weight is 238 g/mol. The molecule has 7 rings (SSSR count). The van der Waals surface area contributed by atoms with Crippen LogP contribution in [-0.2, 0) is 0 Å². The van der Waals surface area contributed by atoms with E-state index in [1.54, 1.807) is 25.7 Å². The Morgan fingerprint density at radius 1 is 0.611 bits per heavy atom. The number of fused-ring (bicyclic) bond motifs is 3. The van der Waals surface area contributed by atoms with Crippen molar-refractivity contribution in [3.05, 3.63) is 11.1 Å². The summed E-state index contributed by atoms with van der Waals surface area (Å²) in [7, 11) is 0. The molecule has 7 aliphatic rings. The molecule has 0 amide bonds. The molecule has 0 aromatic heterocycles. The van der Waals surface area contributed by atoms with Crippen molar-refractivity contribution in [2.45, 2.75) is 38.5 Å². The van der Waals surface area contributed by atoms with Gasteiger partial charge in [0.05, 0.1) is 0 Å². The molecule has 0 N–H and O–H groups in total. The Bertz CT molecular complexity index is 494. The van der Waals surface area contributed by atoms with Crippen LogP contribution in [0.1, 0.15) is 38.5 Å². The van der Waals surface area contributed by atoms with Crippen molar-refractivity contribution in [2.24, 2.45) is 59.2 Å². The molecule has 7 fully saturated rings. The molecule has 0 aromatic carbocycles. The van der Waals surface area contributed by atoms with E-state index < -0.39 is 0 Å². The fourth-order valence-electron chi connectivity index (χ4n) is 8.81. The second-order valence-corrected chi connectivity index (χ2v) is 8.74. The van der Waals surface area contributed by atoms with Gasteiger partial charge >= 0.3 is 0 Å².